The summed E-state index contributed by atoms with van der Waals surface area (Å²) in [6.45, 7) is 1.27. The molecule has 0 bridgehead atoms. The second-order valence-corrected chi connectivity index (χ2v) is 4.33. The third-order valence-electron chi connectivity index (χ3n) is 3.18. The second kappa shape index (κ2) is 6.38. The molecule has 14 heavy (non-hydrogen) atoms. The quantitative estimate of drug-likeness (QED) is 0.652. The van der Waals surface area contributed by atoms with Gasteiger partial charge in [0.05, 0.1) is 6.10 Å². The van der Waals surface area contributed by atoms with Gasteiger partial charge in [0.2, 0.25) is 0 Å². The average Bonchev–Trinajstić information content (AvgIpc) is 2.18. The van der Waals surface area contributed by atoms with Crippen molar-refractivity contribution in [3.8, 4) is 0 Å². The fourth-order valence-corrected chi connectivity index (χ4v) is 2.24. The van der Waals surface area contributed by atoms with E-state index in [4.69, 9.17) is 5.11 Å². The van der Waals surface area contributed by atoms with Gasteiger partial charge in [-0.1, -0.05) is 12.8 Å². The molecule has 1 saturated carbocycles. The Labute approximate surface area is 86.7 Å². The minimum atomic E-state index is -0.136. The molecule has 2 atom stereocenters. The van der Waals surface area contributed by atoms with Gasteiger partial charge in [-0.15, -0.1) is 0 Å². The van der Waals surface area contributed by atoms with E-state index in [1.807, 2.05) is 0 Å². The van der Waals surface area contributed by atoms with Crippen LogP contribution < -0.4 is 0 Å². The second-order valence-electron chi connectivity index (χ2n) is 4.33. The lowest BCUT2D eigenvalue weighted by atomic mass is 9.91. The molecule has 2 unspecified atom stereocenters. The van der Waals surface area contributed by atoms with E-state index in [9.17, 15) is 5.11 Å². The third-order valence-corrected chi connectivity index (χ3v) is 3.18. The molecule has 0 heterocycles. The summed E-state index contributed by atoms with van der Waals surface area (Å²) in [7, 11) is 2.08. The lowest BCUT2D eigenvalue weighted by Gasteiger charge is -2.35. The summed E-state index contributed by atoms with van der Waals surface area (Å²) in [6, 6.07) is 0.349. The van der Waals surface area contributed by atoms with Crippen LogP contribution in [-0.4, -0.2) is 47.5 Å². The van der Waals surface area contributed by atoms with Crippen molar-refractivity contribution in [3.05, 3.63) is 0 Å². The van der Waals surface area contributed by atoms with E-state index in [1.165, 1.54) is 12.8 Å². The number of likely N-dealkylation sites (N-methyl/N-ethyl adjacent to an activating group) is 1. The zero-order valence-electron chi connectivity index (χ0n) is 9.15. The lowest BCUT2D eigenvalue weighted by Crippen LogP contribution is -2.43. The van der Waals surface area contributed by atoms with Gasteiger partial charge >= 0.3 is 0 Å². The van der Waals surface area contributed by atoms with Gasteiger partial charge in [0.1, 0.15) is 0 Å². The molecular weight excluding hydrogens is 178 g/mol. The van der Waals surface area contributed by atoms with Crippen molar-refractivity contribution in [2.45, 2.75) is 50.7 Å². The number of nitrogens with zero attached hydrogens (tertiary/aromatic N) is 1. The highest BCUT2D eigenvalue weighted by molar-refractivity contribution is 4.81. The smallest absolute Gasteiger partial charge is 0.0695 e. The molecule has 1 rings (SSSR count). The number of hydrogen-bond acceptors (Lipinski definition) is 3. The zero-order chi connectivity index (χ0) is 10.4. The van der Waals surface area contributed by atoms with Gasteiger partial charge in [0.15, 0.2) is 0 Å². The van der Waals surface area contributed by atoms with E-state index in [0.29, 0.717) is 6.04 Å². The van der Waals surface area contributed by atoms with Gasteiger partial charge in [-0.2, -0.15) is 0 Å². The van der Waals surface area contributed by atoms with Crippen LogP contribution in [-0.2, 0) is 0 Å². The van der Waals surface area contributed by atoms with Crippen molar-refractivity contribution < 1.29 is 10.2 Å². The summed E-state index contributed by atoms with van der Waals surface area (Å²) in [5.41, 5.74) is 0. The van der Waals surface area contributed by atoms with Crippen LogP contribution in [0, 0.1) is 0 Å². The normalized spacial score (nSPS) is 28.3. The Morgan fingerprint density at radius 3 is 2.57 bits per heavy atom. The van der Waals surface area contributed by atoms with Crippen LogP contribution in [0.15, 0.2) is 0 Å². The van der Waals surface area contributed by atoms with Crippen LogP contribution >= 0.6 is 0 Å². The minimum absolute atomic E-state index is 0.136. The molecule has 0 aromatic heterocycles. The Kier molecular flexibility index (Phi) is 5.45. The van der Waals surface area contributed by atoms with Gasteiger partial charge in [-0.3, -0.25) is 0 Å². The van der Waals surface area contributed by atoms with Crippen molar-refractivity contribution in [1.29, 1.82) is 0 Å². The predicted octanol–water partition coefficient (Wildman–Crippen LogP) is 0.994. The summed E-state index contributed by atoms with van der Waals surface area (Å²) in [6.07, 6.45) is 6.24. The zero-order valence-corrected chi connectivity index (χ0v) is 9.15. The standard InChI is InChI=1S/C11H23NO2/c1-12(8-4-5-9-13)10-6-2-3-7-11(10)14/h10-11,13-14H,2-9H2,1H3. The van der Waals surface area contributed by atoms with E-state index >= 15 is 0 Å². The average molecular weight is 201 g/mol. The molecule has 1 fully saturated rings. The molecule has 0 aromatic carbocycles. The SMILES string of the molecule is CN(CCCCO)C1CCCCC1O. The molecule has 3 nitrogen and oxygen atoms in total. The van der Waals surface area contributed by atoms with Crippen LogP contribution in [0.5, 0.6) is 0 Å². The largest absolute Gasteiger partial charge is 0.396 e. The Morgan fingerprint density at radius 2 is 1.93 bits per heavy atom. The number of hydrogen-bond donors (Lipinski definition) is 2. The summed E-state index contributed by atoms with van der Waals surface area (Å²) in [5.74, 6) is 0. The van der Waals surface area contributed by atoms with Crippen molar-refractivity contribution >= 4 is 0 Å². The molecule has 0 radical (unpaired) electrons. The van der Waals surface area contributed by atoms with E-state index < -0.39 is 0 Å². The van der Waals surface area contributed by atoms with Crippen LogP contribution in [0.3, 0.4) is 0 Å². The van der Waals surface area contributed by atoms with Gasteiger partial charge in [0.25, 0.3) is 0 Å². The first-order chi connectivity index (χ1) is 6.75. The summed E-state index contributed by atoms with van der Waals surface area (Å²) in [4.78, 5) is 2.25. The summed E-state index contributed by atoms with van der Waals surface area (Å²) in [5, 5.41) is 18.5. The molecule has 0 aliphatic heterocycles. The third kappa shape index (κ3) is 3.56. The summed E-state index contributed by atoms with van der Waals surface area (Å²) < 4.78 is 0. The van der Waals surface area contributed by atoms with Gasteiger partial charge < -0.3 is 15.1 Å². The fourth-order valence-electron chi connectivity index (χ4n) is 2.24. The fraction of sp³-hybridized carbons (Fsp3) is 1.00. The Hall–Kier alpha value is -0.120. The van der Waals surface area contributed by atoms with Crippen LogP contribution in [0.25, 0.3) is 0 Å². The topological polar surface area (TPSA) is 43.7 Å². The highest BCUT2D eigenvalue weighted by Gasteiger charge is 2.25. The van der Waals surface area contributed by atoms with Gasteiger partial charge in [-0.25, -0.2) is 0 Å². The highest BCUT2D eigenvalue weighted by Crippen LogP contribution is 2.22. The number of unbranched alkanes of at least 4 members (excludes halogenated alkanes) is 1. The minimum Gasteiger partial charge on any atom is -0.396 e. The molecular formula is C11H23NO2. The molecule has 0 aromatic rings. The Morgan fingerprint density at radius 1 is 1.21 bits per heavy atom. The molecule has 0 saturated heterocycles. The molecule has 3 heteroatoms. The maximum absolute atomic E-state index is 9.80. The maximum atomic E-state index is 9.80. The van der Waals surface area contributed by atoms with Crippen molar-refractivity contribution in [2.75, 3.05) is 20.2 Å². The first kappa shape index (κ1) is 12.0. The van der Waals surface area contributed by atoms with Crippen LogP contribution in [0.4, 0.5) is 0 Å². The van der Waals surface area contributed by atoms with Crippen LogP contribution in [0.2, 0.25) is 0 Å². The molecule has 2 N–H and O–H groups in total. The van der Waals surface area contributed by atoms with Crippen molar-refractivity contribution in [1.82, 2.24) is 4.90 Å². The molecule has 0 spiro atoms. The van der Waals surface area contributed by atoms with Crippen molar-refractivity contribution in [3.63, 3.8) is 0 Å². The van der Waals surface area contributed by atoms with Crippen LogP contribution in [0.1, 0.15) is 38.5 Å². The number of aliphatic hydroxyl groups excluding tert-OH is 2. The van der Waals surface area contributed by atoms with E-state index in [1.54, 1.807) is 0 Å². The molecule has 0 amide bonds. The first-order valence-electron chi connectivity index (χ1n) is 5.75. The van der Waals surface area contributed by atoms with E-state index in [2.05, 4.69) is 11.9 Å². The van der Waals surface area contributed by atoms with E-state index in [0.717, 1.165) is 32.2 Å². The maximum Gasteiger partial charge on any atom is 0.0695 e. The van der Waals surface area contributed by atoms with Gasteiger partial charge in [-0.05, 0) is 39.3 Å². The summed E-state index contributed by atoms with van der Waals surface area (Å²) >= 11 is 0. The molecule has 1 aliphatic carbocycles. The predicted molar refractivity (Wildman–Crippen MR) is 57.2 cm³/mol. The number of rotatable bonds is 5. The Balaban J connectivity index is 2.23. The molecule has 1 aliphatic rings. The molecule has 84 valence electrons. The highest BCUT2D eigenvalue weighted by atomic mass is 16.3. The van der Waals surface area contributed by atoms with Crippen molar-refractivity contribution in [2.24, 2.45) is 0 Å². The number of aliphatic hydroxyl groups is 2. The van der Waals surface area contributed by atoms with E-state index in [-0.39, 0.29) is 12.7 Å². The van der Waals surface area contributed by atoms with Gasteiger partial charge in [0, 0.05) is 12.6 Å². The Bertz CT molecular complexity index is 152. The lowest BCUT2D eigenvalue weighted by molar-refractivity contribution is 0.0312. The monoisotopic (exact) mass is 201 g/mol. The first-order valence-corrected chi connectivity index (χ1v) is 5.75.